The summed E-state index contributed by atoms with van der Waals surface area (Å²) in [6, 6.07) is 16.5. The molecule has 0 fully saturated rings. The Morgan fingerprint density at radius 3 is 1.29 bits per heavy atom. The van der Waals surface area contributed by atoms with Crippen LogP contribution in [-0.4, -0.2) is 131 Å². The SMILES string of the molecule is NCCOCCOCCOCCOCCOCCOCCOCCOCCNC(=O)OCC1c2ccccc2-c2ccccc21. The van der Waals surface area contributed by atoms with Crippen molar-refractivity contribution < 1.29 is 47.4 Å². The molecule has 1 amide bonds. The lowest BCUT2D eigenvalue weighted by Crippen LogP contribution is -2.29. The van der Waals surface area contributed by atoms with E-state index in [4.69, 9.17) is 48.4 Å². The molecule has 0 radical (unpaired) electrons. The van der Waals surface area contributed by atoms with Crippen molar-refractivity contribution in [3.05, 3.63) is 59.7 Å². The van der Waals surface area contributed by atoms with E-state index in [-0.39, 0.29) is 5.92 Å². The van der Waals surface area contributed by atoms with Gasteiger partial charge in [0.1, 0.15) is 6.61 Å². The zero-order valence-corrected chi connectivity index (χ0v) is 26.3. The van der Waals surface area contributed by atoms with Gasteiger partial charge >= 0.3 is 6.09 Å². The first-order valence-corrected chi connectivity index (χ1v) is 15.7. The lowest BCUT2D eigenvalue weighted by atomic mass is 9.98. The minimum Gasteiger partial charge on any atom is -0.449 e. The van der Waals surface area contributed by atoms with E-state index in [9.17, 15) is 4.79 Å². The molecule has 3 N–H and O–H groups in total. The maximum atomic E-state index is 12.2. The highest BCUT2D eigenvalue weighted by Gasteiger charge is 2.28. The van der Waals surface area contributed by atoms with Crippen LogP contribution < -0.4 is 11.1 Å². The first-order valence-electron chi connectivity index (χ1n) is 15.7. The topological polar surface area (TPSA) is 138 Å². The van der Waals surface area contributed by atoms with Crippen molar-refractivity contribution in [1.29, 1.82) is 0 Å². The van der Waals surface area contributed by atoms with Crippen LogP contribution in [0.1, 0.15) is 17.0 Å². The Balaban J connectivity index is 1.01. The third-order valence-corrected chi connectivity index (χ3v) is 6.73. The fourth-order valence-electron chi connectivity index (χ4n) is 4.60. The molecule has 12 nitrogen and oxygen atoms in total. The smallest absolute Gasteiger partial charge is 0.407 e. The van der Waals surface area contributed by atoms with Crippen molar-refractivity contribution in [2.75, 3.05) is 125 Å². The predicted molar refractivity (Wildman–Crippen MR) is 169 cm³/mol. The van der Waals surface area contributed by atoms with Gasteiger partial charge in [-0.15, -0.1) is 0 Å². The number of carbonyl (C=O) groups is 1. The highest BCUT2D eigenvalue weighted by atomic mass is 16.6. The molecule has 1 aliphatic rings. The van der Waals surface area contributed by atoms with Gasteiger partial charge in [0.2, 0.25) is 0 Å². The Morgan fingerprint density at radius 1 is 0.533 bits per heavy atom. The molecule has 2 aromatic rings. The molecule has 0 bridgehead atoms. The summed E-state index contributed by atoms with van der Waals surface area (Å²) in [4.78, 5) is 12.2. The fourth-order valence-corrected chi connectivity index (χ4v) is 4.60. The van der Waals surface area contributed by atoms with Crippen LogP contribution in [0.5, 0.6) is 0 Å². The number of benzene rings is 2. The highest BCUT2D eigenvalue weighted by Crippen LogP contribution is 2.44. The molecule has 1 aliphatic carbocycles. The van der Waals surface area contributed by atoms with Crippen LogP contribution in [0.4, 0.5) is 4.79 Å². The van der Waals surface area contributed by atoms with Crippen LogP contribution in [-0.2, 0) is 42.6 Å². The first-order chi connectivity index (χ1) is 22.3. The molecular weight excluding hydrogens is 584 g/mol. The summed E-state index contributed by atoms with van der Waals surface area (Å²) >= 11 is 0. The number of rotatable bonds is 28. The maximum Gasteiger partial charge on any atom is 0.407 e. The van der Waals surface area contributed by atoms with E-state index in [1.807, 2.05) is 24.3 Å². The van der Waals surface area contributed by atoms with E-state index in [1.54, 1.807) is 0 Å². The molecule has 2 aromatic carbocycles. The summed E-state index contributed by atoms with van der Waals surface area (Å²) in [6.45, 7) is 9.06. The summed E-state index contributed by atoms with van der Waals surface area (Å²) in [5.74, 6) is 0.0413. The highest BCUT2D eigenvalue weighted by molar-refractivity contribution is 5.79. The Labute approximate surface area is 266 Å². The average molecular weight is 635 g/mol. The molecule has 0 atom stereocenters. The van der Waals surface area contributed by atoms with Crippen LogP contribution in [0.2, 0.25) is 0 Å². The normalized spacial score (nSPS) is 12.3. The van der Waals surface area contributed by atoms with Gasteiger partial charge in [-0.2, -0.15) is 0 Å². The molecular formula is C33H50N2O10. The molecule has 45 heavy (non-hydrogen) atoms. The third-order valence-electron chi connectivity index (χ3n) is 6.73. The van der Waals surface area contributed by atoms with Crippen molar-refractivity contribution in [2.24, 2.45) is 5.73 Å². The van der Waals surface area contributed by atoms with Gasteiger partial charge in [-0.1, -0.05) is 48.5 Å². The quantitative estimate of drug-likeness (QED) is 0.134. The predicted octanol–water partition coefficient (Wildman–Crippen LogP) is 2.62. The van der Waals surface area contributed by atoms with E-state index in [0.29, 0.717) is 125 Å². The van der Waals surface area contributed by atoms with Crippen molar-refractivity contribution in [2.45, 2.75) is 5.92 Å². The number of amides is 1. The van der Waals surface area contributed by atoms with E-state index < -0.39 is 6.09 Å². The monoisotopic (exact) mass is 634 g/mol. The maximum absolute atomic E-state index is 12.2. The summed E-state index contributed by atoms with van der Waals surface area (Å²) in [7, 11) is 0. The second kappa shape index (κ2) is 24.6. The van der Waals surface area contributed by atoms with Gasteiger partial charge in [0.25, 0.3) is 0 Å². The molecule has 0 spiro atoms. The fraction of sp³-hybridized carbons (Fsp3) is 0.606. The van der Waals surface area contributed by atoms with Crippen LogP contribution in [0, 0.1) is 0 Å². The Bertz CT molecular complexity index is 999. The molecule has 0 unspecified atom stereocenters. The van der Waals surface area contributed by atoms with Gasteiger partial charge in [-0.3, -0.25) is 0 Å². The van der Waals surface area contributed by atoms with Crippen LogP contribution >= 0.6 is 0 Å². The molecule has 252 valence electrons. The van der Waals surface area contributed by atoms with Gasteiger partial charge < -0.3 is 53.7 Å². The zero-order valence-electron chi connectivity index (χ0n) is 26.3. The van der Waals surface area contributed by atoms with Crippen LogP contribution in [0.25, 0.3) is 11.1 Å². The molecule has 0 saturated heterocycles. The molecule has 0 aromatic heterocycles. The van der Waals surface area contributed by atoms with Crippen LogP contribution in [0.3, 0.4) is 0 Å². The third kappa shape index (κ3) is 15.5. The van der Waals surface area contributed by atoms with Crippen molar-refractivity contribution in [1.82, 2.24) is 5.32 Å². The summed E-state index contributed by atoms with van der Waals surface area (Å²) < 4.78 is 48.9. The largest absolute Gasteiger partial charge is 0.449 e. The van der Waals surface area contributed by atoms with Crippen molar-refractivity contribution >= 4 is 6.09 Å². The number of ether oxygens (including phenoxy) is 9. The van der Waals surface area contributed by atoms with Crippen LogP contribution in [0.15, 0.2) is 48.5 Å². The number of nitrogens with one attached hydrogen (secondary N) is 1. The van der Waals surface area contributed by atoms with Gasteiger partial charge in [0, 0.05) is 19.0 Å². The minimum absolute atomic E-state index is 0.0413. The molecule has 12 heteroatoms. The van der Waals surface area contributed by atoms with Gasteiger partial charge in [-0.25, -0.2) is 4.79 Å². The number of hydrogen-bond acceptors (Lipinski definition) is 11. The molecule has 3 rings (SSSR count). The van der Waals surface area contributed by atoms with E-state index in [0.717, 1.165) is 0 Å². The van der Waals surface area contributed by atoms with Gasteiger partial charge in [-0.05, 0) is 22.3 Å². The number of alkyl carbamates (subject to hydrolysis) is 1. The summed E-state index contributed by atoms with van der Waals surface area (Å²) in [6.07, 6.45) is -0.450. The first kappa shape index (κ1) is 36.8. The lowest BCUT2D eigenvalue weighted by Gasteiger charge is -2.14. The zero-order chi connectivity index (χ0) is 31.6. The van der Waals surface area contributed by atoms with E-state index in [2.05, 4.69) is 29.6 Å². The number of fused-ring (bicyclic) bond motifs is 3. The number of hydrogen-bond donors (Lipinski definition) is 2. The average Bonchev–Trinajstić information content (AvgIpc) is 3.39. The van der Waals surface area contributed by atoms with E-state index in [1.165, 1.54) is 22.3 Å². The Morgan fingerprint density at radius 2 is 0.889 bits per heavy atom. The number of carbonyl (C=O) groups excluding carboxylic acids is 1. The van der Waals surface area contributed by atoms with E-state index >= 15 is 0 Å². The van der Waals surface area contributed by atoms with Crippen molar-refractivity contribution in [3.8, 4) is 11.1 Å². The lowest BCUT2D eigenvalue weighted by molar-refractivity contribution is -0.0228. The summed E-state index contributed by atoms with van der Waals surface area (Å²) in [5, 5.41) is 2.74. The molecule has 0 aliphatic heterocycles. The van der Waals surface area contributed by atoms with Gasteiger partial charge in [0.15, 0.2) is 0 Å². The Hall–Kier alpha value is -2.65. The summed E-state index contributed by atoms with van der Waals surface area (Å²) in [5.41, 5.74) is 10.1. The molecule has 0 saturated carbocycles. The Kier molecular flexibility index (Phi) is 20.1. The standard InChI is InChI=1S/C33H50N2O10/c34-9-11-37-13-15-39-17-19-41-21-23-43-25-26-44-24-22-42-20-18-40-16-14-38-12-10-35-33(36)45-27-32-30-7-3-1-5-28(30)29-6-2-4-8-31(29)32/h1-8,32H,9-27,34H2,(H,35,36). The van der Waals surface area contributed by atoms with Crippen molar-refractivity contribution in [3.63, 3.8) is 0 Å². The number of nitrogens with two attached hydrogens (primary N) is 1. The second-order valence-corrected chi connectivity index (χ2v) is 9.94. The van der Waals surface area contributed by atoms with Gasteiger partial charge in [0.05, 0.1) is 106 Å². The molecule has 0 heterocycles. The minimum atomic E-state index is -0.450. The second-order valence-electron chi connectivity index (χ2n) is 9.94.